The summed E-state index contributed by atoms with van der Waals surface area (Å²) in [7, 11) is 1.65. The highest BCUT2D eigenvalue weighted by atomic mass is 32.1. The van der Waals surface area contributed by atoms with E-state index in [0.717, 1.165) is 60.3 Å². The maximum absolute atomic E-state index is 11.3. The van der Waals surface area contributed by atoms with E-state index in [1.165, 1.54) is 11.3 Å². The van der Waals surface area contributed by atoms with Crippen LogP contribution in [-0.4, -0.2) is 54.3 Å². The smallest absolute Gasteiger partial charge is 0.258 e. The molecule has 1 amide bonds. The largest absolute Gasteiger partial charge is 0.494 e. The molecule has 5 N–H and O–H groups in total. The first-order chi connectivity index (χ1) is 15.0. The molecule has 0 saturated carbocycles. The molecule has 166 valence electrons. The number of ether oxygens (including phenoxy) is 1. The quantitative estimate of drug-likeness (QED) is 0.314. The van der Waals surface area contributed by atoms with E-state index in [4.69, 9.17) is 10.5 Å². The Morgan fingerprint density at radius 1 is 1.23 bits per heavy atom. The van der Waals surface area contributed by atoms with Crippen molar-refractivity contribution < 1.29 is 9.53 Å². The summed E-state index contributed by atoms with van der Waals surface area (Å²) >= 11 is 1.33. The van der Waals surface area contributed by atoms with E-state index in [-0.39, 0.29) is 0 Å². The highest BCUT2D eigenvalue weighted by Gasteiger charge is 2.11. The average molecular weight is 443 g/mol. The number of rotatable bonds is 12. The van der Waals surface area contributed by atoms with Gasteiger partial charge in [0, 0.05) is 24.4 Å². The van der Waals surface area contributed by atoms with Crippen LogP contribution in [0.2, 0.25) is 0 Å². The van der Waals surface area contributed by atoms with Crippen LogP contribution in [0.5, 0.6) is 5.75 Å². The third-order valence-corrected chi connectivity index (χ3v) is 6.16. The van der Waals surface area contributed by atoms with E-state index in [1.54, 1.807) is 13.2 Å². The second kappa shape index (κ2) is 10.8. The van der Waals surface area contributed by atoms with Gasteiger partial charge in [-0.1, -0.05) is 13.8 Å². The van der Waals surface area contributed by atoms with E-state index >= 15 is 0 Å². The van der Waals surface area contributed by atoms with Crippen molar-refractivity contribution in [3.8, 4) is 16.3 Å². The van der Waals surface area contributed by atoms with E-state index in [2.05, 4.69) is 39.6 Å². The van der Waals surface area contributed by atoms with Crippen molar-refractivity contribution in [2.45, 2.75) is 20.3 Å². The summed E-state index contributed by atoms with van der Waals surface area (Å²) in [5.74, 6) is 0.952. The molecular formula is C22H30N6O2S. The number of nitrogens with one attached hydrogen (secondary N) is 3. The number of aromatic nitrogens is 2. The zero-order valence-electron chi connectivity index (χ0n) is 18.2. The molecule has 0 radical (unpaired) electrons. The number of thiophene rings is 1. The zero-order chi connectivity index (χ0) is 22.2. The minimum atomic E-state index is -0.430. The number of nitrogens with two attached hydrogens (primary N) is 1. The number of primary amides is 1. The van der Waals surface area contributed by atoms with Gasteiger partial charge in [0.1, 0.15) is 5.75 Å². The van der Waals surface area contributed by atoms with Gasteiger partial charge in [-0.15, -0.1) is 11.3 Å². The van der Waals surface area contributed by atoms with Crippen LogP contribution in [0.1, 0.15) is 29.9 Å². The lowest BCUT2D eigenvalue weighted by molar-refractivity contribution is 0.100. The molecule has 0 spiro atoms. The summed E-state index contributed by atoms with van der Waals surface area (Å²) in [4.78, 5) is 15.1. The first-order valence-electron chi connectivity index (χ1n) is 10.4. The molecule has 0 bridgehead atoms. The van der Waals surface area contributed by atoms with E-state index in [0.29, 0.717) is 10.7 Å². The lowest BCUT2D eigenvalue weighted by Crippen LogP contribution is -2.25. The van der Waals surface area contributed by atoms with Gasteiger partial charge in [-0.25, -0.2) is 0 Å². The Kier molecular flexibility index (Phi) is 7.91. The van der Waals surface area contributed by atoms with Crippen LogP contribution in [0.25, 0.3) is 10.6 Å². The SMILES string of the molecule is CCN(CC)CCCNc1ccc(Nc2cc(-c3ccc(C(N)=O)s3)[nH]n2)c(OC)c1. The molecule has 3 rings (SSSR count). The predicted molar refractivity (Wildman–Crippen MR) is 128 cm³/mol. The van der Waals surface area contributed by atoms with E-state index < -0.39 is 5.91 Å². The van der Waals surface area contributed by atoms with Gasteiger partial charge >= 0.3 is 0 Å². The number of hydrogen-bond acceptors (Lipinski definition) is 7. The normalized spacial score (nSPS) is 11.0. The molecular weight excluding hydrogens is 412 g/mol. The molecule has 0 aliphatic rings. The zero-order valence-corrected chi connectivity index (χ0v) is 19.0. The molecule has 0 atom stereocenters. The monoisotopic (exact) mass is 442 g/mol. The van der Waals surface area contributed by atoms with Gasteiger partial charge in [0.05, 0.1) is 28.2 Å². The topological polar surface area (TPSA) is 108 Å². The van der Waals surface area contributed by atoms with E-state index in [9.17, 15) is 4.79 Å². The summed E-state index contributed by atoms with van der Waals surface area (Å²) in [6.07, 6.45) is 1.08. The second-order valence-corrected chi connectivity index (χ2v) is 8.13. The van der Waals surface area contributed by atoms with Crippen molar-refractivity contribution in [3.05, 3.63) is 41.3 Å². The summed E-state index contributed by atoms with van der Waals surface area (Å²) in [5.41, 5.74) is 7.98. The Labute approximate surface area is 186 Å². The van der Waals surface area contributed by atoms with Crippen molar-refractivity contribution in [1.29, 1.82) is 0 Å². The Morgan fingerprint density at radius 2 is 2.03 bits per heavy atom. The average Bonchev–Trinajstić information content (AvgIpc) is 3.44. The standard InChI is InChI=1S/C22H30N6O2S/c1-4-28(5-2)12-6-11-24-15-7-8-16(18(13-15)30-3)25-21-14-17(26-27-21)19-9-10-20(31-19)22(23)29/h7-10,13-14,24H,4-6,11-12H2,1-3H3,(H2,23,29)(H2,25,26,27). The van der Waals surface area contributed by atoms with Crippen molar-refractivity contribution in [3.63, 3.8) is 0 Å². The number of H-pyrrole nitrogens is 1. The lowest BCUT2D eigenvalue weighted by atomic mass is 10.2. The Hall–Kier alpha value is -3.04. The van der Waals surface area contributed by atoms with Crippen molar-refractivity contribution in [1.82, 2.24) is 15.1 Å². The number of aromatic amines is 1. The third-order valence-electron chi connectivity index (χ3n) is 5.03. The number of carbonyl (C=O) groups excluding carboxylic acids is 1. The van der Waals surface area contributed by atoms with Gasteiger partial charge in [0.15, 0.2) is 5.82 Å². The molecule has 0 fully saturated rings. The summed E-state index contributed by atoms with van der Waals surface area (Å²) < 4.78 is 5.56. The van der Waals surface area contributed by atoms with Gasteiger partial charge < -0.3 is 26.0 Å². The molecule has 31 heavy (non-hydrogen) atoms. The fourth-order valence-electron chi connectivity index (χ4n) is 3.24. The third kappa shape index (κ3) is 5.99. The summed E-state index contributed by atoms with van der Waals surface area (Å²) in [6, 6.07) is 11.4. The second-order valence-electron chi connectivity index (χ2n) is 7.04. The highest BCUT2D eigenvalue weighted by Crippen LogP contribution is 2.32. The highest BCUT2D eigenvalue weighted by molar-refractivity contribution is 7.17. The number of carbonyl (C=O) groups is 1. The number of anilines is 3. The first kappa shape index (κ1) is 22.6. The van der Waals surface area contributed by atoms with Gasteiger partial charge in [-0.05, 0) is 50.3 Å². The van der Waals surface area contributed by atoms with Gasteiger partial charge in [-0.3, -0.25) is 9.89 Å². The Bertz CT molecular complexity index is 996. The molecule has 9 heteroatoms. The van der Waals surface area contributed by atoms with Gasteiger partial charge in [0.25, 0.3) is 5.91 Å². The van der Waals surface area contributed by atoms with E-state index in [1.807, 2.05) is 30.3 Å². The van der Waals surface area contributed by atoms with Gasteiger partial charge in [0.2, 0.25) is 0 Å². The van der Waals surface area contributed by atoms with Crippen LogP contribution in [0, 0.1) is 0 Å². The molecule has 0 saturated heterocycles. The molecule has 2 aromatic heterocycles. The number of methoxy groups -OCH3 is 1. The van der Waals surface area contributed by atoms with Crippen LogP contribution in [0.4, 0.5) is 17.2 Å². The molecule has 1 aromatic carbocycles. The number of amides is 1. The van der Waals surface area contributed by atoms with Crippen LogP contribution < -0.4 is 21.1 Å². The maximum atomic E-state index is 11.3. The molecule has 0 aliphatic heterocycles. The molecule has 3 aromatic rings. The molecule has 0 aliphatic carbocycles. The van der Waals surface area contributed by atoms with Crippen molar-refractivity contribution >= 4 is 34.4 Å². The van der Waals surface area contributed by atoms with Crippen LogP contribution in [0.15, 0.2) is 36.4 Å². The van der Waals surface area contributed by atoms with Crippen molar-refractivity contribution in [2.24, 2.45) is 5.73 Å². The first-order valence-corrected chi connectivity index (χ1v) is 11.2. The van der Waals surface area contributed by atoms with Crippen LogP contribution >= 0.6 is 11.3 Å². The number of benzene rings is 1. The Balaban J connectivity index is 1.61. The minimum Gasteiger partial charge on any atom is -0.494 e. The lowest BCUT2D eigenvalue weighted by Gasteiger charge is -2.18. The molecule has 8 nitrogen and oxygen atoms in total. The van der Waals surface area contributed by atoms with Crippen LogP contribution in [0.3, 0.4) is 0 Å². The maximum Gasteiger partial charge on any atom is 0.258 e. The minimum absolute atomic E-state index is 0.430. The fourth-order valence-corrected chi connectivity index (χ4v) is 4.07. The number of hydrogen-bond donors (Lipinski definition) is 4. The summed E-state index contributed by atoms with van der Waals surface area (Å²) in [6.45, 7) is 8.53. The van der Waals surface area contributed by atoms with Crippen LogP contribution in [-0.2, 0) is 0 Å². The van der Waals surface area contributed by atoms with Gasteiger partial charge in [-0.2, -0.15) is 5.10 Å². The summed E-state index contributed by atoms with van der Waals surface area (Å²) in [5, 5.41) is 14.0. The molecule has 2 heterocycles. The predicted octanol–water partition coefficient (Wildman–Crippen LogP) is 4.13. The molecule has 0 unspecified atom stereocenters. The van der Waals surface area contributed by atoms with Crippen molar-refractivity contribution in [2.75, 3.05) is 43.9 Å². The fraction of sp³-hybridized carbons (Fsp3) is 0.364. The Morgan fingerprint density at radius 3 is 2.71 bits per heavy atom. The number of nitrogens with zero attached hydrogens (tertiary/aromatic N) is 2.